The Morgan fingerprint density at radius 1 is 1.60 bits per heavy atom. The van der Waals surface area contributed by atoms with Gasteiger partial charge in [0.2, 0.25) is 0 Å². The third-order valence-corrected chi connectivity index (χ3v) is 1.22. The van der Waals surface area contributed by atoms with Crippen LogP contribution >= 0.6 is 0 Å². The minimum Gasteiger partial charge on any atom is -0.478 e. The van der Waals surface area contributed by atoms with E-state index in [2.05, 4.69) is 0 Å². The van der Waals surface area contributed by atoms with E-state index in [1.807, 2.05) is 0 Å². The second kappa shape index (κ2) is 2.56. The van der Waals surface area contributed by atoms with Crippen molar-refractivity contribution in [3.05, 3.63) is 35.3 Å². The van der Waals surface area contributed by atoms with Crippen LogP contribution in [0.3, 0.4) is 0 Å². The summed E-state index contributed by atoms with van der Waals surface area (Å²) in [7, 11) is 5.15. The van der Waals surface area contributed by atoms with Crippen LogP contribution in [-0.2, 0) is 4.79 Å². The molecule has 2 nitrogen and oxygen atoms in total. The lowest BCUT2D eigenvalue weighted by Gasteiger charge is -1.85. The molecule has 0 atom stereocenters. The van der Waals surface area contributed by atoms with Gasteiger partial charge in [-0.3, -0.25) is 0 Å². The van der Waals surface area contributed by atoms with Crippen molar-refractivity contribution in [2.75, 3.05) is 0 Å². The summed E-state index contributed by atoms with van der Waals surface area (Å²) < 4.78 is 0. The lowest BCUT2D eigenvalue weighted by Crippen LogP contribution is -1.94. The van der Waals surface area contributed by atoms with Gasteiger partial charge in [-0.25, -0.2) is 4.79 Å². The number of hydrogen-bond acceptors (Lipinski definition) is 1. The van der Waals surface area contributed by atoms with Crippen molar-refractivity contribution in [3.8, 4) is 0 Å². The van der Waals surface area contributed by atoms with Crippen LogP contribution in [0.1, 0.15) is 0 Å². The van der Waals surface area contributed by atoms with E-state index in [1.165, 1.54) is 18.1 Å². The van der Waals surface area contributed by atoms with Crippen molar-refractivity contribution >= 4 is 13.8 Å². The monoisotopic (exact) mass is 132 g/mol. The van der Waals surface area contributed by atoms with E-state index in [0.29, 0.717) is 0 Å². The highest BCUT2D eigenvalue weighted by Gasteiger charge is 2.07. The summed E-state index contributed by atoms with van der Waals surface area (Å²) in [6, 6.07) is 0. The van der Waals surface area contributed by atoms with Gasteiger partial charge in [0.1, 0.15) is 7.85 Å². The summed E-state index contributed by atoms with van der Waals surface area (Å²) in [5, 5.41) is 8.44. The Balaban J connectivity index is 2.88. The van der Waals surface area contributed by atoms with E-state index in [9.17, 15) is 4.79 Å². The van der Waals surface area contributed by atoms with Gasteiger partial charge in [-0.2, -0.15) is 0 Å². The summed E-state index contributed by atoms with van der Waals surface area (Å²) in [6.45, 7) is 0. The van der Waals surface area contributed by atoms with Crippen molar-refractivity contribution in [2.45, 2.75) is 0 Å². The average molecular weight is 132 g/mol. The van der Waals surface area contributed by atoms with Crippen molar-refractivity contribution in [2.24, 2.45) is 0 Å². The fraction of sp³-hybridized carbons (Fsp3) is 0. The maximum absolute atomic E-state index is 10.3. The summed E-state index contributed by atoms with van der Waals surface area (Å²) >= 11 is 0. The van der Waals surface area contributed by atoms with E-state index >= 15 is 0 Å². The topological polar surface area (TPSA) is 37.3 Å². The highest BCUT2D eigenvalue weighted by Crippen LogP contribution is 2.13. The zero-order chi connectivity index (χ0) is 7.56. The number of aliphatic carboxylic acids is 1. The van der Waals surface area contributed by atoms with Crippen molar-refractivity contribution < 1.29 is 9.90 Å². The van der Waals surface area contributed by atoms with Crippen LogP contribution in [0.4, 0.5) is 0 Å². The fourth-order valence-corrected chi connectivity index (χ4v) is 0.698. The summed E-state index contributed by atoms with van der Waals surface area (Å²) in [5.41, 5.74) is 1.01. The third-order valence-electron chi connectivity index (χ3n) is 1.22. The Bertz CT molecular complexity index is 248. The molecule has 0 fully saturated rings. The number of allylic oxidation sites excluding steroid dienone is 3. The first-order chi connectivity index (χ1) is 4.74. The Morgan fingerprint density at radius 2 is 2.30 bits per heavy atom. The second-order valence-corrected chi connectivity index (χ2v) is 1.90. The SMILES string of the molecule is [B]/C=C1\C=CC(C(=O)O)=C1. The maximum atomic E-state index is 10.3. The largest absolute Gasteiger partial charge is 0.478 e. The molecule has 0 spiro atoms. The predicted molar refractivity (Wildman–Crippen MR) is 38.7 cm³/mol. The van der Waals surface area contributed by atoms with Crippen LogP contribution in [0.25, 0.3) is 0 Å². The molecule has 10 heavy (non-hydrogen) atoms. The molecule has 0 aliphatic heterocycles. The molecule has 1 aliphatic carbocycles. The van der Waals surface area contributed by atoms with Gasteiger partial charge in [0, 0.05) is 0 Å². The number of carbonyl (C=O) groups is 1. The number of carboxylic acids is 1. The quantitative estimate of drug-likeness (QED) is 0.531. The molecule has 0 aromatic carbocycles. The Labute approximate surface area is 60.0 Å². The first-order valence-electron chi connectivity index (χ1n) is 2.79. The van der Waals surface area contributed by atoms with Gasteiger partial charge in [0.15, 0.2) is 0 Å². The van der Waals surface area contributed by atoms with Gasteiger partial charge in [0.25, 0.3) is 0 Å². The zero-order valence-corrected chi connectivity index (χ0v) is 5.24. The van der Waals surface area contributed by atoms with Gasteiger partial charge >= 0.3 is 5.97 Å². The predicted octanol–water partition coefficient (Wildman–Crippen LogP) is 0.620. The van der Waals surface area contributed by atoms with E-state index in [1.54, 1.807) is 6.08 Å². The standard InChI is InChI=1S/C7H5BO2/c8-4-5-1-2-6(3-5)7(9)10/h1-4H,(H,9,10)/b5-4+. The molecule has 0 saturated carbocycles. The molecule has 1 aliphatic rings. The van der Waals surface area contributed by atoms with Gasteiger partial charge in [0.05, 0.1) is 5.57 Å². The maximum Gasteiger partial charge on any atom is 0.335 e. The van der Waals surface area contributed by atoms with Crippen molar-refractivity contribution in [3.63, 3.8) is 0 Å². The van der Waals surface area contributed by atoms with Gasteiger partial charge < -0.3 is 5.11 Å². The van der Waals surface area contributed by atoms with Crippen LogP contribution in [0.15, 0.2) is 35.3 Å². The molecular formula is C7H5BO2. The summed E-state index contributed by atoms with van der Waals surface area (Å²) in [4.78, 5) is 10.3. The highest BCUT2D eigenvalue weighted by atomic mass is 16.4. The Kier molecular flexibility index (Phi) is 1.76. The normalized spacial score (nSPS) is 19.6. The van der Waals surface area contributed by atoms with Gasteiger partial charge in [-0.05, 0) is 17.7 Å². The Hall–Kier alpha value is -1.25. The molecule has 1 N–H and O–H groups in total. The number of hydrogen-bond donors (Lipinski definition) is 1. The average Bonchev–Trinajstić information content (AvgIpc) is 2.34. The molecule has 0 unspecified atom stereocenters. The molecule has 48 valence electrons. The lowest BCUT2D eigenvalue weighted by atomic mass is 10.1. The van der Waals surface area contributed by atoms with Gasteiger partial charge in [-0.1, -0.05) is 6.08 Å². The molecular weight excluding hydrogens is 127 g/mol. The van der Waals surface area contributed by atoms with Crippen LogP contribution in [0.2, 0.25) is 0 Å². The highest BCUT2D eigenvalue weighted by molar-refractivity contribution is 6.18. The molecule has 0 heterocycles. The molecule has 0 aromatic rings. The molecule has 0 aromatic heterocycles. The third kappa shape index (κ3) is 1.18. The van der Waals surface area contributed by atoms with E-state index in [-0.39, 0.29) is 5.57 Å². The van der Waals surface area contributed by atoms with E-state index < -0.39 is 5.97 Å². The molecule has 0 amide bonds. The zero-order valence-electron chi connectivity index (χ0n) is 5.24. The number of rotatable bonds is 1. The molecule has 0 saturated heterocycles. The molecule has 2 radical (unpaired) electrons. The van der Waals surface area contributed by atoms with Crippen LogP contribution in [-0.4, -0.2) is 18.9 Å². The first kappa shape index (κ1) is 6.87. The second-order valence-electron chi connectivity index (χ2n) is 1.90. The minimum absolute atomic E-state index is 0.275. The lowest BCUT2D eigenvalue weighted by molar-refractivity contribution is -0.132. The van der Waals surface area contributed by atoms with E-state index in [0.717, 1.165) is 5.57 Å². The summed E-state index contributed by atoms with van der Waals surface area (Å²) in [5.74, 6) is 0.444. The molecule has 0 bridgehead atoms. The van der Waals surface area contributed by atoms with Gasteiger partial charge in [-0.15, -0.1) is 5.98 Å². The van der Waals surface area contributed by atoms with Crippen LogP contribution in [0, 0.1) is 0 Å². The Morgan fingerprint density at radius 3 is 2.60 bits per heavy atom. The minimum atomic E-state index is -0.923. The summed E-state index contributed by atoms with van der Waals surface area (Å²) in [6.07, 6.45) is 4.69. The van der Waals surface area contributed by atoms with E-state index in [4.69, 9.17) is 13.0 Å². The smallest absolute Gasteiger partial charge is 0.335 e. The fourth-order valence-electron chi connectivity index (χ4n) is 0.698. The van der Waals surface area contributed by atoms with Crippen LogP contribution in [0.5, 0.6) is 0 Å². The van der Waals surface area contributed by atoms with Crippen molar-refractivity contribution in [1.29, 1.82) is 0 Å². The van der Waals surface area contributed by atoms with Crippen LogP contribution < -0.4 is 0 Å². The first-order valence-corrected chi connectivity index (χ1v) is 2.79. The molecule has 1 rings (SSSR count). The number of carboxylic acid groups (broad SMARTS) is 1. The van der Waals surface area contributed by atoms with Crippen molar-refractivity contribution in [1.82, 2.24) is 0 Å². The molecule has 3 heteroatoms.